The van der Waals surface area contributed by atoms with Crippen molar-refractivity contribution in [3.63, 3.8) is 0 Å². The molecule has 0 aliphatic rings. The van der Waals surface area contributed by atoms with E-state index >= 15 is 0 Å². The lowest BCUT2D eigenvalue weighted by molar-refractivity contribution is 0.0691. The molecule has 0 fully saturated rings. The van der Waals surface area contributed by atoms with Crippen molar-refractivity contribution in [2.45, 2.75) is 6.92 Å². The van der Waals surface area contributed by atoms with Crippen molar-refractivity contribution in [1.82, 2.24) is 4.98 Å². The van der Waals surface area contributed by atoms with Crippen LogP contribution in [0.3, 0.4) is 0 Å². The molecular formula is C13H13NO4. The van der Waals surface area contributed by atoms with Crippen LogP contribution in [-0.2, 0) is 0 Å². The summed E-state index contributed by atoms with van der Waals surface area (Å²) in [5.41, 5.74) is 1.43. The first-order valence-corrected chi connectivity index (χ1v) is 5.33. The summed E-state index contributed by atoms with van der Waals surface area (Å²) in [4.78, 5) is 15.0. The van der Waals surface area contributed by atoms with Crippen LogP contribution in [0.2, 0.25) is 0 Å². The Balaban J connectivity index is 2.76. The molecule has 0 spiro atoms. The van der Waals surface area contributed by atoms with E-state index in [0.717, 1.165) is 10.9 Å². The number of carboxylic acids is 1. The Bertz CT molecular complexity index is 622. The Morgan fingerprint density at radius 1 is 1.17 bits per heavy atom. The number of carboxylic acid groups (broad SMARTS) is 1. The largest absolute Gasteiger partial charge is 0.493 e. The van der Waals surface area contributed by atoms with Crippen LogP contribution in [0, 0.1) is 6.92 Å². The molecule has 1 heterocycles. The zero-order chi connectivity index (χ0) is 13.3. The molecule has 2 rings (SSSR count). The first-order valence-electron chi connectivity index (χ1n) is 5.33. The average Bonchev–Trinajstić information content (AvgIpc) is 2.36. The van der Waals surface area contributed by atoms with Gasteiger partial charge in [0, 0.05) is 11.5 Å². The van der Waals surface area contributed by atoms with Gasteiger partial charge in [-0.05, 0) is 24.6 Å². The maximum atomic E-state index is 11.0. The van der Waals surface area contributed by atoms with E-state index in [0.29, 0.717) is 17.0 Å². The molecule has 5 heteroatoms. The number of methoxy groups -OCH3 is 2. The smallest absolute Gasteiger partial charge is 0.354 e. The minimum atomic E-state index is -1.05. The Labute approximate surface area is 104 Å². The fourth-order valence-corrected chi connectivity index (χ4v) is 1.83. The molecule has 0 atom stereocenters. The number of aromatic nitrogens is 1. The first-order chi connectivity index (χ1) is 8.56. The van der Waals surface area contributed by atoms with E-state index in [-0.39, 0.29) is 5.69 Å². The molecule has 0 radical (unpaired) electrons. The first kappa shape index (κ1) is 12.2. The third-order valence-electron chi connectivity index (χ3n) is 2.74. The second-order valence-corrected chi connectivity index (χ2v) is 3.85. The highest BCUT2D eigenvalue weighted by atomic mass is 16.5. The summed E-state index contributed by atoms with van der Waals surface area (Å²) in [6, 6.07) is 5.01. The van der Waals surface area contributed by atoms with Crippen molar-refractivity contribution < 1.29 is 19.4 Å². The SMILES string of the molecule is COc1cc2nc(C(=O)O)cc(C)c2cc1OC. The summed E-state index contributed by atoms with van der Waals surface area (Å²) >= 11 is 0. The third-order valence-corrected chi connectivity index (χ3v) is 2.74. The average molecular weight is 247 g/mol. The third kappa shape index (κ3) is 1.95. The van der Waals surface area contributed by atoms with E-state index < -0.39 is 5.97 Å². The number of fused-ring (bicyclic) bond motifs is 1. The standard InChI is InChI=1S/C13H13NO4/c1-7-4-10(13(15)16)14-9-6-12(18-3)11(17-2)5-8(7)9/h4-6H,1-3H3,(H,15,16). The summed E-state index contributed by atoms with van der Waals surface area (Å²) in [7, 11) is 3.08. The number of rotatable bonds is 3. The molecule has 2 aromatic rings. The van der Waals surface area contributed by atoms with Gasteiger partial charge >= 0.3 is 5.97 Å². The van der Waals surface area contributed by atoms with Gasteiger partial charge in [-0.25, -0.2) is 9.78 Å². The maximum Gasteiger partial charge on any atom is 0.354 e. The van der Waals surface area contributed by atoms with Gasteiger partial charge < -0.3 is 14.6 Å². The fraction of sp³-hybridized carbons (Fsp3) is 0.231. The molecule has 94 valence electrons. The van der Waals surface area contributed by atoms with E-state index in [2.05, 4.69) is 4.98 Å². The van der Waals surface area contributed by atoms with Crippen LogP contribution in [0.4, 0.5) is 0 Å². The lowest BCUT2D eigenvalue weighted by Crippen LogP contribution is -2.02. The van der Waals surface area contributed by atoms with E-state index in [4.69, 9.17) is 14.6 Å². The second kappa shape index (κ2) is 4.52. The van der Waals surface area contributed by atoms with Crippen LogP contribution in [0.5, 0.6) is 11.5 Å². The Hall–Kier alpha value is -2.30. The van der Waals surface area contributed by atoms with Gasteiger partial charge in [0.2, 0.25) is 0 Å². The maximum absolute atomic E-state index is 11.0. The molecule has 1 aromatic carbocycles. The van der Waals surface area contributed by atoms with Gasteiger partial charge in [0.25, 0.3) is 0 Å². The summed E-state index contributed by atoms with van der Waals surface area (Å²) in [5.74, 6) is 0.0761. The predicted molar refractivity (Wildman–Crippen MR) is 66.5 cm³/mol. The van der Waals surface area contributed by atoms with Crippen molar-refractivity contribution in [3.8, 4) is 11.5 Å². The Morgan fingerprint density at radius 2 is 1.78 bits per heavy atom. The number of hydrogen-bond acceptors (Lipinski definition) is 4. The van der Waals surface area contributed by atoms with E-state index in [1.165, 1.54) is 13.2 Å². The van der Waals surface area contributed by atoms with Gasteiger partial charge in [-0.15, -0.1) is 0 Å². The van der Waals surface area contributed by atoms with E-state index in [9.17, 15) is 4.79 Å². The van der Waals surface area contributed by atoms with Crippen molar-refractivity contribution >= 4 is 16.9 Å². The summed E-state index contributed by atoms with van der Waals surface area (Å²) in [6.45, 7) is 1.84. The number of aromatic carboxylic acids is 1. The molecule has 1 aromatic heterocycles. The van der Waals surface area contributed by atoms with Gasteiger partial charge in [-0.2, -0.15) is 0 Å². The zero-order valence-corrected chi connectivity index (χ0v) is 10.4. The van der Waals surface area contributed by atoms with Gasteiger partial charge in [0.15, 0.2) is 11.5 Å². The molecule has 5 nitrogen and oxygen atoms in total. The molecule has 18 heavy (non-hydrogen) atoms. The minimum absolute atomic E-state index is 0.0206. The highest BCUT2D eigenvalue weighted by Gasteiger charge is 2.12. The van der Waals surface area contributed by atoms with Crippen molar-refractivity contribution in [2.24, 2.45) is 0 Å². The number of benzene rings is 1. The Morgan fingerprint density at radius 3 is 2.33 bits per heavy atom. The van der Waals surface area contributed by atoms with Gasteiger partial charge in [-0.1, -0.05) is 0 Å². The summed E-state index contributed by atoms with van der Waals surface area (Å²) in [6.07, 6.45) is 0. The molecular weight excluding hydrogens is 234 g/mol. The van der Waals surface area contributed by atoms with Crippen molar-refractivity contribution in [3.05, 3.63) is 29.5 Å². The van der Waals surface area contributed by atoms with Gasteiger partial charge in [0.05, 0.1) is 19.7 Å². The molecule has 0 aliphatic carbocycles. The lowest BCUT2D eigenvalue weighted by Gasteiger charge is -2.10. The summed E-state index contributed by atoms with van der Waals surface area (Å²) in [5, 5.41) is 9.82. The van der Waals surface area contributed by atoms with E-state index in [1.54, 1.807) is 19.2 Å². The van der Waals surface area contributed by atoms with Gasteiger partial charge in [0.1, 0.15) is 5.69 Å². The molecule has 0 bridgehead atoms. The van der Waals surface area contributed by atoms with Crippen LogP contribution in [-0.4, -0.2) is 30.3 Å². The molecule has 0 saturated heterocycles. The molecule has 0 unspecified atom stereocenters. The quantitative estimate of drug-likeness (QED) is 0.900. The second-order valence-electron chi connectivity index (χ2n) is 3.85. The van der Waals surface area contributed by atoms with Crippen LogP contribution in [0.1, 0.15) is 16.1 Å². The predicted octanol–water partition coefficient (Wildman–Crippen LogP) is 2.26. The normalized spacial score (nSPS) is 10.4. The van der Waals surface area contributed by atoms with E-state index in [1.807, 2.05) is 6.92 Å². The topological polar surface area (TPSA) is 68.7 Å². The highest BCUT2D eigenvalue weighted by molar-refractivity contribution is 5.92. The zero-order valence-electron chi connectivity index (χ0n) is 10.4. The number of pyridine rings is 1. The molecule has 0 amide bonds. The van der Waals surface area contributed by atoms with Gasteiger partial charge in [-0.3, -0.25) is 0 Å². The lowest BCUT2D eigenvalue weighted by atomic mass is 10.1. The molecule has 1 N–H and O–H groups in total. The number of nitrogens with zero attached hydrogens (tertiary/aromatic N) is 1. The fourth-order valence-electron chi connectivity index (χ4n) is 1.83. The number of ether oxygens (including phenoxy) is 2. The number of carbonyl (C=O) groups is 1. The van der Waals surface area contributed by atoms with Crippen LogP contribution in [0.15, 0.2) is 18.2 Å². The van der Waals surface area contributed by atoms with Crippen molar-refractivity contribution in [2.75, 3.05) is 14.2 Å². The highest BCUT2D eigenvalue weighted by Crippen LogP contribution is 2.32. The van der Waals surface area contributed by atoms with Crippen molar-refractivity contribution in [1.29, 1.82) is 0 Å². The number of hydrogen-bond donors (Lipinski definition) is 1. The van der Waals surface area contributed by atoms with Crippen LogP contribution in [0.25, 0.3) is 10.9 Å². The number of aryl methyl sites for hydroxylation is 1. The monoisotopic (exact) mass is 247 g/mol. The van der Waals surface area contributed by atoms with Crippen LogP contribution < -0.4 is 9.47 Å². The molecule has 0 saturated carbocycles. The summed E-state index contributed by atoms with van der Waals surface area (Å²) < 4.78 is 10.4. The minimum Gasteiger partial charge on any atom is -0.493 e. The Kier molecular flexibility index (Phi) is 3.06. The molecule has 0 aliphatic heterocycles. The van der Waals surface area contributed by atoms with Crippen LogP contribution >= 0.6 is 0 Å².